The number of aliphatic carboxylic acids is 1. The maximum Gasteiger partial charge on any atom is 0.303 e. The maximum atomic E-state index is 13.2. The first-order valence-electron chi connectivity index (χ1n) is 23.4. The van der Waals surface area contributed by atoms with Gasteiger partial charge in [-0.25, -0.2) is 25.4 Å². The lowest BCUT2D eigenvalue weighted by atomic mass is 9.97. The number of ether oxygens (including phenoxy) is 2. The van der Waals surface area contributed by atoms with Gasteiger partial charge in [0.15, 0.2) is 0 Å². The summed E-state index contributed by atoms with van der Waals surface area (Å²) in [4.78, 5) is 30.2. The van der Waals surface area contributed by atoms with Gasteiger partial charge < -0.3 is 34.6 Å². The number of sulfonamides is 2. The fourth-order valence-electron chi connectivity index (χ4n) is 8.77. The highest BCUT2D eigenvalue weighted by Crippen LogP contribution is 2.30. The van der Waals surface area contributed by atoms with Crippen molar-refractivity contribution in [2.24, 2.45) is 0 Å². The van der Waals surface area contributed by atoms with Crippen LogP contribution in [0, 0.1) is 27.7 Å². The van der Waals surface area contributed by atoms with Crippen LogP contribution < -0.4 is 14.8 Å². The molecule has 1 amide bonds. The third-order valence-electron chi connectivity index (χ3n) is 12.2. The predicted octanol–water partition coefficient (Wildman–Crippen LogP) is 6.55. The minimum Gasteiger partial charge on any atom is -0.497 e. The number of benzene rings is 4. The fraction of sp³-hybridized carbons (Fsp3) is 0.500. The van der Waals surface area contributed by atoms with Gasteiger partial charge in [0.05, 0.1) is 24.0 Å². The Morgan fingerprint density at radius 3 is 1.49 bits per heavy atom. The molecule has 2 aliphatic rings. The molecule has 6 rings (SSSR count). The highest BCUT2D eigenvalue weighted by atomic mass is 32.2. The monoisotopic (exact) mass is 993 g/mol. The molecule has 0 saturated heterocycles. The Labute approximate surface area is 412 Å². The summed E-state index contributed by atoms with van der Waals surface area (Å²) in [6, 6.07) is 20.2. The van der Waals surface area contributed by atoms with Gasteiger partial charge in [-0.1, -0.05) is 36.4 Å². The second kappa shape index (κ2) is 25.8. The van der Waals surface area contributed by atoms with Crippen molar-refractivity contribution in [1.82, 2.24) is 28.6 Å². The summed E-state index contributed by atoms with van der Waals surface area (Å²) < 4.78 is 64.4. The molecule has 0 aromatic heterocycles. The summed E-state index contributed by atoms with van der Waals surface area (Å²) in [5.41, 5.74) is 10.7. The molecule has 0 spiro atoms. The molecule has 0 atom stereocenters. The van der Waals surface area contributed by atoms with E-state index in [1.165, 1.54) is 62.6 Å². The number of hydrogen-bond donors (Lipinski definition) is 2. The number of carboxylic acid groups (broad SMARTS) is 1. The second-order valence-corrected chi connectivity index (χ2v) is 22.6. The first-order chi connectivity index (χ1) is 32.5. The van der Waals surface area contributed by atoms with Crippen LogP contribution in [-0.2, 0) is 68.7 Å². The highest BCUT2D eigenvalue weighted by molar-refractivity contribution is 7.89. The van der Waals surface area contributed by atoms with Crippen molar-refractivity contribution < 1.29 is 41.0 Å². The van der Waals surface area contributed by atoms with E-state index in [-0.39, 0.29) is 36.7 Å². The molecule has 0 unspecified atom stereocenters. The Bertz CT molecular complexity index is 2570. The molecular weight excluding hydrogens is 917 g/mol. The molecule has 0 bridgehead atoms. The van der Waals surface area contributed by atoms with Crippen LogP contribution in [0.4, 0.5) is 0 Å². The third kappa shape index (κ3) is 16.1. The Morgan fingerprint density at radius 2 is 1.06 bits per heavy atom. The number of carbonyl (C=O) groups excluding carboxylic acids is 1. The number of amides is 1. The lowest BCUT2D eigenvalue weighted by molar-refractivity contribution is -0.137. The van der Waals surface area contributed by atoms with Gasteiger partial charge in [0.1, 0.15) is 11.5 Å². The Hall–Kier alpha value is -4.88. The highest BCUT2D eigenvalue weighted by Gasteiger charge is 2.28. The minimum atomic E-state index is -3.65. The van der Waals surface area contributed by atoms with Crippen LogP contribution >= 0.6 is 0 Å². The average Bonchev–Trinajstić information content (AvgIpc) is 3.27. The summed E-state index contributed by atoms with van der Waals surface area (Å²) in [7, 11) is 7.14. The van der Waals surface area contributed by atoms with Gasteiger partial charge in [-0.15, -0.1) is 0 Å². The Kier molecular flexibility index (Phi) is 21.2. The summed E-state index contributed by atoms with van der Waals surface area (Å²) in [6.07, 6.45) is 3.06. The van der Waals surface area contributed by atoms with Crippen molar-refractivity contribution in [3.8, 4) is 11.5 Å². The SMILES string of the molecule is CN(C)Cc1ccc2c(c1)CNCC2.COc1cc(C)c(S(=O)(=O)N(C)CCCC(=O)N2CCc3ccc(CN(C)C)cc3C2)c(C)c1.COc1cc(C)c(S(=O)(=O)N(C)CCCC(=O)O)c(C)c1. The number of hydrogen-bond acceptors (Lipinski definition) is 11. The molecule has 69 heavy (non-hydrogen) atoms. The molecule has 2 N–H and O–H groups in total. The van der Waals surface area contributed by atoms with E-state index in [1.54, 1.807) is 66.1 Å². The zero-order chi connectivity index (χ0) is 51.2. The molecule has 17 heteroatoms. The quantitative estimate of drug-likeness (QED) is 0.111. The number of nitrogens with zero attached hydrogens (tertiary/aromatic N) is 5. The van der Waals surface area contributed by atoms with E-state index in [2.05, 4.69) is 65.6 Å². The molecule has 2 heterocycles. The molecule has 4 aromatic carbocycles. The van der Waals surface area contributed by atoms with Crippen LogP contribution in [0.3, 0.4) is 0 Å². The number of fused-ring (bicyclic) bond motifs is 2. The molecular formula is C52H76N6O9S2. The van der Waals surface area contributed by atoms with Gasteiger partial charge in [0.25, 0.3) is 0 Å². The van der Waals surface area contributed by atoms with Crippen molar-refractivity contribution in [1.29, 1.82) is 0 Å². The zero-order valence-electron chi connectivity index (χ0n) is 42.9. The van der Waals surface area contributed by atoms with Crippen LogP contribution in [0.25, 0.3) is 0 Å². The van der Waals surface area contributed by atoms with Gasteiger partial charge in [0.2, 0.25) is 26.0 Å². The normalized spacial score (nSPS) is 13.6. The van der Waals surface area contributed by atoms with E-state index in [0.29, 0.717) is 64.6 Å². The smallest absolute Gasteiger partial charge is 0.303 e. The number of rotatable bonds is 18. The lowest BCUT2D eigenvalue weighted by Crippen LogP contribution is -2.36. The Balaban J connectivity index is 0.000000250. The van der Waals surface area contributed by atoms with Crippen molar-refractivity contribution in [3.63, 3.8) is 0 Å². The molecule has 2 aliphatic heterocycles. The predicted molar refractivity (Wildman–Crippen MR) is 273 cm³/mol. The van der Waals surface area contributed by atoms with Gasteiger partial charge in [-0.05, 0) is 168 Å². The molecule has 4 aromatic rings. The van der Waals surface area contributed by atoms with E-state index in [1.807, 2.05) is 19.0 Å². The molecule has 380 valence electrons. The van der Waals surface area contributed by atoms with Crippen LogP contribution in [0.2, 0.25) is 0 Å². The van der Waals surface area contributed by atoms with E-state index in [9.17, 15) is 26.4 Å². The molecule has 0 radical (unpaired) electrons. The fourth-order valence-corrected chi connectivity index (χ4v) is 12.0. The topological polar surface area (TPSA) is 169 Å². The van der Waals surface area contributed by atoms with Crippen molar-refractivity contribution in [2.45, 2.75) is 102 Å². The van der Waals surface area contributed by atoms with Crippen LogP contribution in [0.5, 0.6) is 11.5 Å². The zero-order valence-corrected chi connectivity index (χ0v) is 44.6. The lowest BCUT2D eigenvalue weighted by Gasteiger charge is -2.30. The number of nitrogens with one attached hydrogen (secondary N) is 1. The first-order valence-corrected chi connectivity index (χ1v) is 26.3. The average molecular weight is 993 g/mol. The Morgan fingerprint density at radius 1 is 0.623 bits per heavy atom. The maximum absolute atomic E-state index is 13.2. The minimum absolute atomic E-state index is 0.0551. The van der Waals surface area contributed by atoms with Gasteiger partial charge in [-0.2, -0.15) is 0 Å². The van der Waals surface area contributed by atoms with Crippen LogP contribution in [0.15, 0.2) is 70.5 Å². The standard InChI is InChI=1S/C26H37N3O4S.C14H21NO5S.C12H18N2/c1-19-14-24(33-6)15-20(2)26(19)34(31,32)28(5)12-7-8-25(30)29-13-11-22-10-9-21(17-27(3)4)16-23(22)18-29;1-10-8-12(20-4)9-11(2)14(10)21(18,19)15(3)7-5-6-13(16)17;1-14(2)9-10-3-4-11-5-6-13-8-12(11)7-10/h9-10,14-16H,7-8,11-13,17-18H2,1-6H3;8-9H,5-7H2,1-4H3,(H,16,17);3-4,7,13H,5-6,8-9H2,1-2H3. The van der Waals surface area contributed by atoms with E-state index in [0.717, 1.165) is 32.6 Å². The number of carbonyl (C=O) groups is 2. The summed E-state index contributed by atoms with van der Waals surface area (Å²) >= 11 is 0. The summed E-state index contributed by atoms with van der Waals surface area (Å²) in [6.45, 7) is 12.8. The van der Waals surface area contributed by atoms with E-state index < -0.39 is 26.0 Å². The summed E-state index contributed by atoms with van der Waals surface area (Å²) in [5.74, 6) is 0.389. The van der Waals surface area contributed by atoms with Crippen LogP contribution in [-0.4, -0.2) is 140 Å². The largest absolute Gasteiger partial charge is 0.497 e. The molecule has 0 aliphatic carbocycles. The second-order valence-electron chi connectivity index (χ2n) is 18.6. The van der Waals surface area contributed by atoms with Crippen LogP contribution in [0.1, 0.15) is 81.3 Å². The van der Waals surface area contributed by atoms with Gasteiger partial charge in [0, 0.05) is 72.8 Å². The first kappa shape index (κ1) is 56.7. The van der Waals surface area contributed by atoms with Crippen molar-refractivity contribution in [2.75, 3.05) is 82.7 Å². The van der Waals surface area contributed by atoms with E-state index >= 15 is 0 Å². The van der Waals surface area contributed by atoms with Crippen molar-refractivity contribution >= 4 is 31.9 Å². The number of aryl methyl sites for hydroxylation is 4. The number of methoxy groups -OCH3 is 2. The molecule has 0 saturated carbocycles. The molecule has 0 fully saturated rings. The van der Waals surface area contributed by atoms with Gasteiger partial charge in [-0.3, -0.25) is 9.59 Å². The summed E-state index contributed by atoms with van der Waals surface area (Å²) in [5, 5.41) is 12.0. The van der Waals surface area contributed by atoms with Gasteiger partial charge >= 0.3 is 5.97 Å². The third-order valence-corrected chi connectivity index (χ3v) is 16.5. The number of carboxylic acids is 1. The molecule has 15 nitrogen and oxygen atoms in total. The van der Waals surface area contributed by atoms with Crippen molar-refractivity contribution in [3.05, 3.63) is 116 Å². The van der Waals surface area contributed by atoms with E-state index in [4.69, 9.17) is 14.6 Å².